The van der Waals surface area contributed by atoms with E-state index in [1.165, 1.54) is 13.0 Å². The second-order valence-electron chi connectivity index (χ2n) is 13.5. The number of cyclic esters (lactones) is 1. The third-order valence-electron chi connectivity index (χ3n) is 11.9. The zero-order valence-electron chi connectivity index (χ0n) is 25.1. The molecule has 1 spiro atoms. The average molecular weight is 581 g/mol. The Morgan fingerprint density at radius 3 is 2.52 bits per heavy atom. The van der Waals surface area contributed by atoms with Gasteiger partial charge >= 0.3 is 17.9 Å². The minimum atomic E-state index is -1.54. The van der Waals surface area contributed by atoms with Crippen LogP contribution in [0.4, 0.5) is 0 Å². The smallest absolute Gasteiger partial charge is 0.333 e. The lowest BCUT2D eigenvalue weighted by atomic mass is 9.42. The Kier molecular flexibility index (Phi) is 6.38. The van der Waals surface area contributed by atoms with E-state index in [9.17, 15) is 24.3 Å². The highest BCUT2D eigenvalue weighted by atomic mass is 16.7. The maximum Gasteiger partial charge on any atom is 0.333 e. The summed E-state index contributed by atoms with van der Waals surface area (Å²) >= 11 is 0. The van der Waals surface area contributed by atoms with Crippen molar-refractivity contribution in [3.05, 3.63) is 47.6 Å². The Morgan fingerprint density at radius 2 is 1.88 bits per heavy atom. The van der Waals surface area contributed by atoms with E-state index < -0.39 is 64.3 Å². The largest absolute Gasteiger partial charge is 0.458 e. The lowest BCUT2D eigenvalue weighted by Crippen LogP contribution is -2.70. The second kappa shape index (κ2) is 9.23. The average Bonchev–Trinajstić information content (AvgIpc) is 3.63. The van der Waals surface area contributed by atoms with Crippen LogP contribution in [0.25, 0.3) is 0 Å². The van der Waals surface area contributed by atoms with Crippen LogP contribution >= 0.6 is 0 Å². The molecular weight excluding hydrogens is 540 g/mol. The van der Waals surface area contributed by atoms with Crippen molar-refractivity contribution in [1.29, 1.82) is 0 Å². The van der Waals surface area contributed by atoms with E-state index >= 15 is 0 Å². The first-order valence-corrected chi connectivity index (χ1v) is 14.9. The molecule has 0 bridgehead atoms. The number of allylic oxidation sites excluding steroid dienone is 1. The topological polar surface area (TPSA) is 129 Å². The maximum absolute atomic E-state index is 13.8. The van der Waals surface area contributed by atoms with Gasteiger partial charge in [-0.1, -0.05) is 31.6 Å². The number of carbonyl (C=O) groups excluding carboxylic acids is 4. The number of aliphatic hydroxyl groups is 1. The molecule has 6 rings (SSSR count). The minimum Gasteiger partial charge on any atom is -0.458 e. The highest BCUT2D eigenvalue weighted by Gasteiger charge is 2.83. The number of hydrogen-bond acceptors (Lipinski definition) is 9. The molecule has 0 aromatic heterocycles. The molecule has 6 aliphatic rings. The molecule has 2 heterocycles. The number of epoxide rings is 1. The van der Waals surface area contributed by atoms with Gasteiger partial charge in [0.2, 0.25) is 0 Å². The Bertz CT molecular complexity index is 1390. The van der Waals surface area contributed by atoms with Crippen molar-refractivity contribution in [2.75, 3.05) is 0 Å². The first-order valence-electron chi connectivity index (χ1n) is 14.9. The highest BCUT2D eigenvalue weighted by molar-refractivity contribution is 5.98. The molecule has 2 saturated carbocycles. The van der Waals surface area contributed by atoms with Crippen molar-refractivity contribution in [1.82, 2.24) is 0 Å². The number of esters is 3. The summed E-state index contributed by atoms with van der Waals surface area (Å²) in [5.41, 5.74) is -1.98. The Morgan fingerprint density at radius 1 is 1.17 bits per heavy atom. The molecule has 0 aromatic rings. The Balaban J connectivity index is 1.40. The van der Waals surface area contributed by atoms with Crippen molar-refractivity contribution in [3.8, 4) is 0 Å². The fourth-order valence-electron chi connectivity index (χ4n) is 9.42. The number of ether oxygens (including phenoxy) is 4. The van der Waals surface area contributed by atoms with E-state index in [4.69, 9.17) is 18.9 Å². The third kappa shape index (κ3) is 3.49. The molecule has 9 nitrogen and oxygen atoms in total. The van der Waals surface area contributed by atoms with Crippen LogP contribution in [0.1, 0.15) is 67.2 Å². The van der Waals surface area contributed by atoms with Gasteiger partial charge < -0.3 is 24.1 Å². The maximum atomic E-state index is 13.8. The summed E-state index contributed by atoms with van der Waals surface area (Å²) in [5.74, 6) is -2.63. The van der Waals surface area contributed by atoms with Crippen molar-refractivity contribution >= 4 is 23.7 Å². The van der Waals surface area contributed by atoms with Gasteiger partial charge in [-0.25, -0.2) is 9.59 Å². The van der Waals surface area contributed by atoms with Crippen LogP contribution in [0.5, 0.6) is 0 Å². The summed E-state index contributed by atoms with van der Waals surface area (Å²) in [6.45, 7) is 14.4. The highest BCUT2D eigenvalue weighted by Crippen LogP contribution is 2.74. The molecule has 1 N–H and O–H groups in total. The first kappa shape index (κ1) is 29.1. The van der Waals surface area contributed by atoms with Gasteiger partial charge in [0.25, 0.3) is 0 Å². The fourth-order valence-corrected chi connectivity index (χ4v) is 9.42. The number of hydrogen-bond donors (Lipinski definition) is 1. The first-order chi connectivity index (χ1) is 19.7. The van der Waals surface area contributed by atoms with Crippen molar-refractivity contribution in [2.24, 2.45) is 28.6 Å². The zero-order chi connectivity index (χ0) is 30.6. The third-order valence-corrected chi connectivity index (χ3v) is 11.9. The van der Waals surface area contributed by atoms with E-state index in [1.807, 2.05) is 33.8 Å². The zero-order valence-corrected chi connectivity index (χ0v) is 25.1. The van der Waals surface area contributed by atoms with Crippen LogP contribution in [-0.2, 0) is 38.1 Å². The summed E-state index contributed by atoms with van der Waals surface area (Å²) < 4.78 is 23.7. The molecule has 9 heteroatoms. The lowest BCUT2D eigenvalue weighted by Gasteiger charge is -2.61. The van der Waals surface area contributed by atoms with Crippen LogP contribution in [0.3, 0.4) is 0 Å². The molecule has 42 heavy (non-hydrogen) atoms. The van der Waals surface area contributed by atoms with Crippen LogP contribution in [0.15, 0.2) is 47.6 Å². The second-order valence-corrected chi connectivity index (χ2v) is 13.5. The van der Waals surface area contributed by atoms with Crippen molar-refractivity contribution < 1.29 is 43.2 Å². The van der Waals surface area contributed by atoms with Gasteiger partial charge in [0.1, 0.15) is 23.4 Å². The van der Waals surface area contributed by atoms with Crippen molar-refractivity contribution in [2.45, 2.75) is 103 Å². The van der Waals surface area contributed by atoms with E-state index in [0.717, 1.165) is 17.2 Å². The molecule has 226 valence electrons. The predicted molar refractivity (Wildman–Crippen MR) is 149 cm³/mol. The van der Waals surface area contributed by atoms with Crippen molar-refractivity contribution in [3.63, 3.8) is 0 Å². The number of carbonyl (C=O) groups is 4. The number of rotatable bonds is 5. The summed E-state index contributed by atoms with van der Waals surface area (Å²) in [7, 11) is 0. The van der Waals surface area contributed by atoms with Crippen LogP contribution < -0.4 is 0 Å². The van der Waals surface area contributed by atoms with Crippen LogP contribution in [-0.4, -0.2) is 64.4 Å². The summed E-state index contributed by atoms with van der Waals surface area (Å²) in [6.07, 6.45) is 5.52. The molecule has 0 aromatic carbocycles. The standard InChI is InChI=1S/C33H40O9/c1-8-28(36)41-25-10-9-24(35)31(7)20-11-12-30(6)21(18(4)23-13-16(2)17(3)29(37)40-23)14-26(39-19(5)34)32(30,38)22(20)15-27-33(25,31)42-27/h8-10,14,18,20,22-23,25-27,38H,1,11-13,15H2,2-7H3. The van der Waals surface area contributed by atoms with Crippen LogP contribution in [0.2, 0.25) is 0 Å². The van der Waals surface area contributed by atoms with Gasteiger partial charge in [-0.3, -0.25) is 9.59 Å². The minimum absolute atomic E-state index is 0.131. The van der Waals surface area contributed by atoms with E-state index in [-0.39, 0.29) is 23.6 Å². The monoisotopic (exact) mass is 580 g/mol. The molecule has 1 saturated heterocycles. The van der Waals surface area contributed by atoms with E-state index in [1.54, 1.807) is 13.0 Å². The van der Waals surface area contributed by atoms with Gasteiger partial charge in [-0.2, -0.15) is 0 Å². The summed E-state index contributed by atoms with van der Waals surface area (Å²) in [6, 6.07) is 0. The van der Waals surface area contributed by atoms with Gasteiger partial charge in [-0.15, -0.1) is 0 Å². The number of fused-ring (bicyclic) bond motifs is 4. The molecule has 11 unspecified atom stereocenters. The molecule has 2 aliphatic heterocycles. The van der Waals surface area contributed by atoms with Gasteiger partial charge in [0.05, 0.1) is 11.5 Å². The predicted octanol–water partition coefficient (Wildman–Crippen LogP) is 3.69. The lowest BCUT2D eigenvalue weighted by molar-refractivity contribution is -0.225. The normalized spacial score (nSPS) is 45.8. The van der Waals surface area contributed by atoms with E-state index in [0.29, 0.717) is 31.3 Å². The molecule has 0 amide bonds. The fraction of sp³-hybridized carbons (Fsp3) is 0.636. The van der Waals surface area contributed by atoms with Crippen LogP contribution in [0, 0.1) is 28.6 Å². The van der Waals surface area contributed by atoms with Gasteiger partial charge in [0.15, 0.2) is 11.9 Å². The quantitative estimate of drug-likeness (QED) is 0.170. The molecule has 11 atom stereocenters. The summed E-state index contributed by atoms with van der Waals surface area (Å²) in [4.78, 5) is 51.0. The Labute approximate surface area is 246 Å². The van der Waals surface area contributed by atoms with E-state index in [2.05, 4.69) is 6.58 Å². The number of ketones is 1. The van der Waals surface area contributed by atoms with Gasteiger partial charge in [-0.05, 0) is 70.1 Å². The molecule has 3 fully saturated rings. The SMILES string of the molecule is C=CC(=O)OC1C=CC(=O)C2(C)C3CCC4(C)C(C(C)C5CC(C)=C(C)C(=O)O5)=CC(OC(C)=O)C4(O)C3CC3OC132. The Hall–Kier alpha value is -3.04. The molecule has 4 aliphatic carbocycles. The van der Waals surface area contributed by atoms with Gasteiger partial charge in [0, 0.05) is 36.3 Å². The summed E-state index contributed by atoms with van der Waals surface area (Å²) in [5, 5.41) is 13.0. The molecule has 0 radical (unpaired) electrons. The molecular formula is C33H40O9.